The Hall–Kier alpha value is -2.36. The number of nitrogens with one attached hydrogen (secondary N) is 1. The van der Waals surface area contributed by atoms with E-state index in [4.69, 9.17) is 10.00 Å². The Morgan fingerprint density at radius 2 is 2.33 bits per heavy atom. The van der Waals surface area contributed by atoms with E-state index >= 15 is 0 Å². The van der Waals surface area contributed by atoms with Crippen molar-refractivity contribution in [1.29, 1.82) is 5.26 Å². The molecule has 2 N–H and O–H groups in total. The molecule has 6 nitrogen and oxygen atoms in total. The molecule has 0 saturated carbocycles. The van der Waals surface area contributed by atoms with E-state index in [2.05, 4.69) is 10.4 Å². The SMILES string of the molecule is Cn1nccc1CNCC(O)COc1cccc(C#N)c1. The molecule has 1 unspecified atom stereocenters. The summed E-state index contributed by atoms with van der Waals surface area (Å²) in [6, 6.07) is 10.8. The Labute approximate surface area is 123 Å². The highest BCUT2D eigenvalue weighted by Gasteiger charge is 2.06. The van der Waals surface area contributed by atoms with Crippen LogP contribution in [-0.2, 0) is 13.6 Å². The third-order valence-corrected chi connectivity index (χ3v) is 3.01. The summed E-state index contributed by atoms with van der Waals surface area (Å²) in [6.45, 7) is 1.23. The molecule has 110 valence electrons. The van der Waals surface area contributed by atoms with Crippen molar-refractivity contribution in [2.75, 3.05) is 13.2 Å². The van der Waals surface area contributed by atoms with Crippen LogP contribution < -0.4 is 10.1 Å². The topological polar surface area (TPSA) is 83.1 Å². The lowest BCUT2D eigenvalue weighted by atomic mass is 10.2. The third-order valence-electron chi connectivity index (χ3n) is 3.01. The number of rotatable bonds is 7. The lowest BCUT2D eigenvalue weighted by Crippen LogP contribution is -2.31. The van der Waals surface area contributed by atoms with E-state index in [0.29, 0.717) is 24.4 Å². The molecule has 6 heteroatoms. The van der Waals surface area contributed by atoms with Crippen molar-refractivity contribution in [3.63, 3.8) is 0 Å². The smallest absolute Gasteiger partial charge is 0.120 e. The molecule has 21 heavy (non-hydrogen) atoms. The number of ether oxygens (including phenoxy) is 1. The molecule has 0 bridgehead atoms. The molecule has 0 aliphatic heterocycles. The van der Waals surface area contributed by atoms with Gasteiger partial charge in [0, 0.05) is 26.3 Å². The van der Waals surface area contributed by atoms with Gasteiger partial charge in [-0.2, -0.15) is 10.4 Å². The monoisotopic (exact) mass is 286 g/mol. The maximum absolute atomic E-state index is 9.86. The minimum Gasteiger partial charge on any atom is -0.491 e. The maximum atomic E-state index is 9.86. The largest absolute Gasteiger partial charge is 0.491 e. The van der Waals surface area contributed by atoms with Crippen LogP contribution in [0.4, 0.5) is 0 Å². The van der Waals surface area contributed by atoms with Crippen molar-refractivity contribution in [1.82, 2.24) is 15.1 Å². The van der Waals surface area contributed by atoms with Crippen LogP contribution in [0, 0.1) is 11.3 Å². The van der Waals surface area contributed by atoms with Crippen molar-refractivity contribution in [2.24, 2.45) is 7.05 Å². The molecule has 0 amide bonds. The van der Waals surface area contributed by atoms with Crippen LogP contribution >= 0.6 is 0 Å². The predicted molar refractivity (Wildman–Crippen MR) is 77.6 cm³/mol. The summed E-state index contributed by atoms with van der Waals surface area (Å²) in [6.07, 6.45) is 1.11. The molecule has 0 fully saturated rings. The second-order valence-corrected chi connectivity index (χ2v) is 4.68. The van der Waals surface area contributed by atoms with Crippen LogP contribution in [0.2, 0.25) is 0 Å². The fourth-order valence-electron chi connectivity index (χ4n) is 1.85. The molecule has 1 atom stereocenters. The molecular formula is C15H18N4O2. The van der Waals surface area contributed by atoms with E-state index < -0.39 is 6.10 Å². The highest BCUT2D eigenvalue weighted by molar-refractivity contribution is 5.36. The fraction of sp³-hybridized carbons (Fsp3) is 0.333. The molecule has 0 spiro atoms. The van der Waals surface area contributed by atoms with Gasteiger partial charge in [-0.3, -0.25) is 4.68 Å². The summed E-state index contributed by atoms with van der Waals surface area (Å²) in [5.74, 6) is 0.583. The highest BCUT2D eigenvalue weighted by atomic mass is 16.5. The number of aliphatic hydroxyl groups is 1. The van der Waals surface area contributed by atoms with E-state index in [1.807, 2.05) is 19.2 Å². The minimum absolute atomic E-state index is 0.174. The quantitative estimate of drug-likeness (QED) is 0.787. The molecule has 0 saturated heterocycles. The highest BCUT2D eigenvalue weighted by Crippen LogP contribution is 2.12. The molecule has 0 aliphatic carbocycles. The van der Waals surface area contributed by atoms with Gasteiger partial charge in [-0.1, -0.05) is 6.07 Å². The number of benzene rings is 1. The summed E-state index contributed by atoms with van der Waals surface area (Å²) in [5.41, 5.74) is 1.58. The molecule has 0 aliphatic rings. The Kier molecular flexibility index (Phi) is 5.32. The summed E-state index contributed by atoms with van der Waals surface area (Å²) < 4.78 is 7.24. The molecule has 1 aromatic carbocycles. The number of hydrogen-bond acceptors (Lipinski definition) is 5. The van der Waals surface area contributed by atoms with Crippen molar-refractivity contribution in [3.05, 3.63) is 47.8 Å². The summed E-state index contributed by atoms with van der Waals surface area (Å²) >= 11 is 0. The van der Waals surface area contributed by atoms with Gasteiger partial charge in [-0.25, -0.2) is 0 Å². The normalized spacial score (nSPS) is 11.9. The van der Waals surface area contributed by atoms with E-state index in [0.717, 1.165) is 5.69 Å². The van der Waals surface area contributed by atoms with Gasteiger partial charge < -0.3 is 15.2 Å². The van der Waals surface area contributed by atoms with Crippen LogP contribution in [0.5, 0.6) is 5.75 Å². The van der Waals surface area contributed by atoms with Crippen LogP contribution in [0.3, 0.4) is 0 Å². The van der Waals surface area contributed by atoms with E-state index in [9.17, 15) is 5.11 Å². The van der Waals surface area contributed by atoms with Gasteiger partial charge in [-0.05, 0) is 24.3 Å². The molecule has 1 heterocycles. The van der Waals surface area contributed by atoms with Crippen molar-refractivity contribution in [2.45, 2.75) is 12.6 Å². The lowest BCUT2D eigenvalue weighted by Gasteiger charge is -2.13. The van der Waals surface area contributed by atoms with E-state index in [1.165, 1.54) is 0 Å². The Balaban J connectivity index is 1.71. The Bertz CT molecular complexity index is 618. The van der Waals surface area contributed by atoms with Gasteiger partial charge in [0.15, 0.2) is 0 Å². The second-order valence-electron chi connectivity index (χ2n) is 4.68. The van der Waals surface area contributed by atoms with Crippen LogP contribution in [0.15, 0.2) is 36.5 Å². The molecule has 1 aromatic heterocycles. The van der Waals surface area contributed by atoms with Gasteiger partial charge in [0.2, 0.25) is 0 Å². The van der Waals surface area contributed by atoms with Gasteiger partial charge in [0.1, 0.15) is 18.5 Å². The number of nitriles is 1. The van der Waals surface area contributed by atoms with Gasteiger partial charge in [0.05, 0.1) is 17.3 Å². The first-order valence-corrected chi connectivity index (χ1v) is 6.67. The number of aromatic nitrogens is 2. The van der Waals surface area contributed by atoms with Crippen molar-refractivity contribution in [3.8, 4) is 11.8 Å². The van der Waals surface area contributed by atoms with E-state index in [-0.39, 0.29) is 6.61 Å². The van der Waals surface area contributed by atoms with Crippen molar-refractivity contribution >= 4 is 0 Å². The standard InChI is InChI=1S/C15H18N4O2/c1-19-13(5-6-18-19)9-17-10-14(20)11-21-15-4-2-3-12(7-15)8-16/h2-7,14,17,20H,9-11H2,1H3. The molecule has 2 rings (SSSR count). The maximum Gasteiger partial charge on any atom is 0.120 e. The zero-order chi connectivity index (χ0) is 15.1. The Morgan fingerprint density at radius 3 is 3.05 bits per heavy atom. The van der Waals surface area contributed by atoms with Crippen molar-refractivity contribution < 1.29 is 9.84 Å². The zero-order valence-corrected chi connectivity index (χ0v) is 11.9. The number of aliphatic hydroxyl groups excluding tert-OH is 1. The fourth-order valence-corrected chi connectivity index (χ4v) is 1.85. The Morgan fingerprint density at radius 1 is 1.48 bits per heavy atom. The molecular weight excluding hydrogens is 268 g/mol. The summed E-state index contributed by atoms with van der Waals surface area (Å²) in [7, 11) is 1.87. The first-order valence-electron chi connectivity index (χ1n) is 6.67. The van der Waals surface area contributed by atoms with Gasteiger partial charge in [-0.15, -0.1) is 0 Å². The van der Waals surface area contributed by atoms with Crippen LogP contribution in [0.1, 0.15) is 11.3 Å². The zero-order valence-electron chi connectivity index (χ0n) is 11.9. The average Bonchev–Trinajstić information content (AvgIpc) is 2.91. The predicted octanol–water partition coefficient (Wildman–Crippen LogP) is 0.821. The minimum atomic E-state index is -0.621. The van der Waals surface area contributed by atoms with E-state index in [1.54, 1.807) is 35.1 Å². The van der Waals surface area contributed by atoms with Gasteiger partial charge in [0.25, 0.3) is 0 Å². The first kappa shape index (κ1) is 15.0. The first-order chi connectivity index (χ1) is 10.2. The second kappa shape index (κ2) is 7.43. The van der Waals surface area contributed by atoms with Crippen LogP contribution in [0.25, 0.3) is 0 Å². The molecule has 2 aromatic rings. The lowest BCUT2D eigenvalue weighted by molar-refractivity contribution is 0.106. The molecule has 0 radical (unpaired) electrons. The average molecular weight is 286 g/mol. The number of hydrogen-bond donors (Lipinski definition) is 2. The third kappa shape index (κ3) is 4.60. The number of aryl methyl sites for hydroxylation is 1. The summed E-state index contributed by atoms with van der Waals surface area (Å²) in [4.78, 5) is 0. The number of nitrogens with zero attached hydrogens (tertiary/aromatic N) is 3. The summed E-state index contributed by atoms with van der Waals surface area (Å²) in [5, 5.41) is 25.9. The van der Waals surface area contributed by atoms with Crippen LogP contribution in [-0.4, -0.2) is 34.1 Å². The van der Waals surface area contributed by atoms with Gasteiger partial charge >= 0.3 is 0 Å².